The quantitative estimate of drug-likeness (QED) is 0.787. The van der Waals surface area contributed by atoms with Crippen molar-refractivity contribution in [3.8, 4) is 0 Å². The number of aliphatic imine (C=N–C) groups is 1. The average Bonchev–Trinajstić information content (AvgIpc) is 2.63. The van der Waals surface area contributed by atoms with E-state index in [9.17, 15) is 0 Å². The van der Waals surface area contributed by atoms with Crippen molar-refractivity contribution in [2.24, 2.45) is 10.9 Å². The van der Waals surface area contributed by atoms with Crippen molar-refractivity contribution >= 4 is 28.7 Å². The van der Waals surface area contributed by atoms with Crippen LogP contribution in [0.25, 0.3) is 0 Å². The van der Waals surface area contributed by atoms with Gasteiger partial charge >= 0.3 is 0 Å². The molecule has 0 saturated carbocycles. The van der Waals surface area contributed by atoms with Crippen LogP contribution < -0.4 is 5.32 Å². The Morgan fingerprint density at radius 1 is 1.43 bits per heavy atom. The summed E-state index contributed by atoms with van der Waals surface area (Å²) in [6, 6.07) is 0.612. The lowest BCUT2D eigenvalue weighted by molar-refractivity contribution is 0.503. The van der Waals surface area contributed by atoms with Crippen molar-refractivity contribution < 1.29 is 0 Å². The summed E-state index contributed by atoms with van der Waals surface area (Å²) in [5.41, 5.74) is 0. The number of nitrogens with zero attached hydrogens (tertiary/aromatic N) is 1. The first-order chi connectivity index (χ1) is 6.84. The van der Waals surface area contributed by atoms with E-state index in [1.807, 2.05) is 11.8 Å². The van der Waals surface area contributed by atoms with Gasteiger partial charge in [-0.15, -0.1) is 0 Å². The first-order valence-corrected chi connectivity index (χ1v) is 7.50. The Labute approximate surface area is 94.7 Å². The van der Waals surface area contributed by atoms with Gasteiger partial charge in [0.15, 0.2) is 5.17 Å². The average molecular weight is 230 g/mol. The number of thioether (sulfide) groups is 2. The molecule has 1 unspecified atom stereocenters. The van der Waals surface area contributed by atoms with E-state index < -0.39 is 0 Å². The summed E-state index contributed by atoms with van der Waals surface area (Å²) < 4.78 is 0. The largest absolute Gasteiger partial charge is 0.362 e. The van der Waals surface area contributed by atoms with Gasteiger partial charge in [-0.2, -0.15) is 11.8 Å². The maximum absolute atomic E-state index is 4.66. The highest BCUT2D eigenvalue weighted by molar-refractivity contribution is 8.14. The van der Waals surface area contributed by atoms with Gasteiger partial charge in [-0.1, -0.05) is 11.8 Å². The highest BCUT2D eigenvalue weighted by Crippen LogP contribution is 2.23. The van der Waals surface area contributed by atoms with Gasteiger partial charge in [0.25, 0.3) is 0 Å². The van der Waals surface area contributed by atoms with E-state index in [0.717, 1.165) is 12.5 Å². The van der Waals surface area contributed by atoms with Gasteiger partial charge in [-0.3, -0.25) is 4.99 Å². The molecule has 0 aromatic rings. The molecule has 0 aromatic heterocycles. The highest BCUT2D eigenvalue weighted by atomic mass is 32.2. The standard InChI is InChI=1S/C10H18N2S2/c1-8-7-14-10(12-8)11-6-9-2-4-13-5-3-9/h8-9H,2-7H2,1H3,(H,11,12). The summed E-state index contributed by atoms with van der Waals surface area (Å²) in [5, 5.41) is 4.58. The molecule has 0 aliphatic carbocycles. The molecule has 0 radical (unpaired) electrons. The van der Waals surface area contributed by atoms with E-state index in [1.165, 1.54) is 35.3 Å². The van der Waals surface area contributed by atoms with Crippen molar-refractivity contribution in [1.29, 1.82) is 0 Å². The lowest BCUT2D eigenvalue weighted by atomic mass is 10.0. The van der Waals surface area contributed by atoms with Gasteiger partial charge in [-0.25, -0.2) is 0 Å². The van der Waals surface area contributed by atoms with Crippen LogP contribution in [0, 0.1) is 5.92 Å². The molecule has 1 atom stereocenters. The molecule has 2 aliphatic heterocycles. The molecule has 2 nitrogen and oxygen atoms in total. The Morgan fingerprint density at radius 2 is 2.21 bits per heavy atom. The van der Waals surface area contributed by atoms with Crippen molar-refractivity contribution in [3.05, 3.63) is 0 Å². The monoisotopic (exact) mass is 230 g/mol. The van der Waals surface area contributed by atoms with Crippen LogP contribution in [0.3, 0.4) is 0 Å². The molecule has 14 heavy (non-hydrogen) atoms. The summed E-state index contributed by atoms with van der Waals surface area (Å²) in [5.74, 6) is 4.71. The van der Waals surface area contributed by atoms with Gasteiger partial charge < -0.3 is 5.32 Å². The second kappa shape index (κ2) is 5.31. The summed E-state index contributed by atoms with van der Waals surface area (Å²) in [4.78, 5) is 4.66. The van der Waals surface area contributed by atoms with Crippen LogP contribution >= 0.6 is 23.5 Å². The molecule has 4 heteroatoms. The topological polar surface area (TPSA) is 24.4 Å². The lowest BCUT2D eigenvalue weighted by Crippen LogP contribution is -2.24. The van der Waals surface area contributed by atoms with E-state index in [4.69, 9.17) is 0 Å². The molecule has 2 fully saturated rings. The third-order valence-corrected chi connectivity index (χ3v) is 4.91. The summed E-state index contributed by atoms with van der Waals surface area (Å²) in [6.45, 7) is 3.26. The van der Waals surface area contributed by atoms with Gasteiger partial charge in [0.1, 0.15) is 0 Å². The molecule has 0 bridgehead atoms. The molecule has 80 valence electrons. The fourth-order valence-electron chi connectivity index (χ4n) is 1.73. The minimum atomic E-state index is 0.612. The fraction of sp³-hybridized carbons (Fsp3) is 0.900. The van der Waals surface area contributed by atoms with E-state index in [2.05, 4.69) is 29.0 Å². The minimum absolute atomic E-state index is 0.612. The van der Waals surface area contributed by atoms with Crippen LogP contribution in [0.5, 0.6) is 0 Å². The summed E-state index contributed by atoms with van der Waals surface area (Å²) in [6.07, 6.45) is 2.73. The Balaban J connectivity index is 1.74. The number of hydrogen-bond acceptors (Lipinski definition) is 3. The first-order valence-electron chi connectivity index (χ1n) is 5.36. The summed E-state index contributed by atoms with van der Waals surface area (Å²) in [7, 11) is 0. The van der Waals surface area contributed by atoms with Crippen LogP contribution in [-0.2, 0) is 0 Å². The number of amidine groups is 1. The van der Waals surface area contributed by atoms with Crippen LogP contribution in [0.4, 0.5) is 0 Å². The Kier molecular flexibility index (Phi) is 4.05. The van der Waals surface area contributed by atoms with E-state index in [-0.39, 0.29) is 0 Å². The highest BCUT2D eigenvalue weighted by Gasteiger charge is 2.17. The molecule has 2 aliphatic rings. The van der Waals surface area contributed by atoms with E-state index in [1.54, 1.807) is 0 Å². The molecule has 2 rings (SSSR count). The predicted octanol–water partition coefficient (Wildman–Crippen LogP) is 2.21. The molecule has 0 spiro atoms. The molecular weight excluding hydrogens is 212 g/mol. The van der Waals surface area contributed by atoms with Crippen LogP contribution in [0.1, 0.15) is 19.8 Å². The van der Waals surface area contributed by atoms with Gasteiger partial charge in [0.2, 0.25) is 0 Å². The molecule has 0 amide bonds. The minimum Gasteiger partial charge on any atom is -0.362 e. The SMILES string of the molecule is CC1CSC(=NCC2CCSCC2)N1. The second-order valence-electron chi connectivity index (χ2n) is 4.06. The number of nitrogens with one attached hydrogen (secondary N) is 1. The van der Waals surface area contributed by atoms with E-state index in [0.29, 0.717) is 6.04 Å². The third kappa shape index (κ3) is 3.09. The zero-order valence-electron chi connectivity index (χ0n) is 8.66. The maximum Gasteiger partial charge on any atom is 0.156 e. The molecule has 2 heterocycles. The van der Waals surface area contributed by atoms with Crippen LogP contribution in [-0.4, -0.2) is 35.0 Å². The fourth-order valence-corrected chi connectivity index (χ4v) is 3.88. The van der Waals surface area contributed by atoms with Gasteiger partial charge in [0, 0.05) is 18.3 Å². The normalized spacial score (nSPS) is 32.1. The van der Waals surface area contributed by atoms with Gasteiger partial charge in [0.05, 0.1) is 0 Å². The first kappa shape index (κ1) is 10.7. The zero-order chi connectivity index (χ0) is 9.80. The van der Waals surface area contributed by atoms with Crippen molar-refractivity contribution in [3.63, 3.8) is 0 Å². The van der Waals surface area contributed by atoms with Crippen molar-refractivity contribution in [2.45, 2.75) is 25.8 Å². The number of hydrogen-bond donors (Lipinski definition) is 1. The molecule has 0 aromatic carbocycles. The Bertz CT molecular complexity index is 212. The molecular formula is C10H18N2S2. The summed E-state index contributed by atoms with van der Waals surface area (Å²) >= 11 is 3.96. The molecule has 2 saturated heterocycles. The molecule has 1 N–H and O–H groups in total. The van der Waals surface area contributed by atoms with Gasteiger partial charge in [-0.05, 0) is 37.2 Å². The maximum atomic E-state index is 4.66. The second-order valence-corrected chi connectivity index (χ2v) is 6.29. The predicted molar refractivity (Wildman–Crippen MR) is 67.4 cm³/mol. The van der Waals surface area contributed by atoms with E-state index >= 15 is 0 Å². The Hall–Kier alpha value is 0.170. The van der Waals surface area contributed by atoms with Crippen molar-refractivity contribution in [2.75, 3.05) is 23.8 Å². The smallest absolute Gasteiger partial charge is 0.156 e. The zero-order valence-corrected chi connectivity index (χ0v) is 10.3. The number of rotatable bonds is 2. The van der Waals surface area contributed by atoms with Crippen LogP contribution in [0.15, 0.2) is 4.99 Å². The lowest BCUT2D eigenvalue weighted by Gasteiger charge is -2.19. The van der Waals surface area contributed by atoms with Crippen molar-refractivity contribution in [1.82, 2.24) is 5.32 Å². The van der Waals surface area contributed by atoms with Crippen LogP contribution in [0.2, 0.25) is 0 Å². The third-order valence-electron chi connectivity index (χ3n) is 2.67. The Morgan fingerprint density at radius 3 is 2.86 bits per heavy atom.